The fraction of sp³-hybridized carbons (Fsp3) is 0.375. The van der Waals surface area contributed by atoms with Gasteiger partial charge in [0.05, 0.1) is 6.04 Å². The van der Waals surface area contributed by atoms with Gasteiger partial charge in [-0.15, -0.1) is 23.7 Å². The number of thioether (sulfide) groups is 1. The van der Waals surface area contributed by atoms with Crippen molar-refractivity contribution < 1.29 is 9.18 Å². The van der Waals surface area contributed by atoms with Gasteiger partial charge in [-0.05, 0) is 42.5 Å². The smallest absolute Gasteiger partial charge is 0.243 e. The van der Waals surface area contributed by atoms with Crippen LogP contribution in [0.5, 0.6) is 0 Å². The number of nitrogens with zero attached hydrogens (tertiary/aromatic N) is 1. The van der Waals surface area contributed by atoms with Gasteiger partial charge in [-0.25, -0.2) is 9.37 Å². The molecule has 0 unspecified atom stereocenters. The van der Waals surface area contributed by atoms with Crippen molar-refractivity contribution in [2.45, 2.75) is 25.8 Å². The van der Waals surface area contributed by atoms with E-state index in [0.29, 0.717) is 23.5 Å². The number of nitrogens with one attached hydrogen (secondary N) is 1. The van der Waals surface area contributed by atoms with Crippen molar-refractivity contribution in [2.75, 3.05) is 17.3 Å². The Morgan fingerprint density at radius 1 is 1.50 bits per heavy atom. The maximum absolute atomic E-state index is 13.6. The standard InChI is InChI=1S/C16H20FN3OS2.ClH/c1-10-3-4-11(8-13(10)17)7-12-9-19-16(23-12)20-15(21)14(18)5-6-22-2;/h3-4,8-9,14H,5-7,18H2,1-2H3,(H,19,20,21);1H/t14-;/m0./s1. The third-order valence-corrected chi connectivity index (χ3v) is 4.92. The SMILES string of the molecule is CSCC[C@H](N)C(=O)Nc1ncc(Cc2ccc(C)c(F)c2)s1.Cl. The van der Waals surface area contributed by atoms with Crippen LogP contribution in [0.25, 0.3) is 0 Å². The van der Waals surface area contributed by atoms with Crippen LogP contribution in [-0.4, -0.2) is 28.9 Å². The molecule has 0 saturated heterocycles. The number of rotatable bonds is 7. The third-order valence-electron chi connectivity index (χ3n) is 3.37. The molecule has 0 bridgehead atoms. The number of thiazole rings is 1. The number of aromatic nitrogens is 1. The van der Waals surface area contributed by atoms with E-state index in [1.807, 2.05) is 12.3 Å². The number of nitrogens with two attached hydrogens (primary N) is 1. The predicted octanol–water partition coefficient (Wildman–Crippen LogP) is 3.62. The van der Waals surface area contributed by atoms with Crippen LogP contribution < -0.4 is 11.1 Å². The molecule has 24 heavy (non-hydrogen) atoms. The molecule has 0 aliphatic heterocycles. The van der Waals surface area contributed by atoms with Crippen molar-refractivity contribution in [3.63, 3.8) is 0 Å². The number of amides is 1. The molecule has 0 saturated carbocycles. The minimum absolute atomic E-state index is 0. The van der Waals surface area contributed by atoms with Crippen molar-refractivity contribution in [2.24, 2.45) is 5.73 Å². The minimum atomic E-state index is -0.527. The van der Waals surface area contributed by atoms with Crippen LogP contribution in [0.3, 0.4) is 0 Å². The fourth-order valence-corrected chi connectivity index (χ4v) is 3.31. The summed E-state index contributed by atoms with van der Waals surface area (Å²) in [5, 5.41) is 3.26. The number of hydrogen-bond donors (Lipinski definition) is 2. The number of aryl methyl sites for hydroxylation is 1. The van der Waals surface area contributed by atoms with Gasteiger partial charge in [0.2, 0.25) is 5.91 Å². The quantitative estimate of drug-likeness (QED) is 0.758. The molecule has 0 aliphatic carbocycles. The van der Waals surface area contributed by atoms with Crippen LogP contribution in [0.4, 0.5) is 9.52 Å². The van der Waals surface area contributed by atoms with Gasteiger partial charge in [-0.2, -0.15) is 11.8 Å². The van der Waals surface area contributed by atoms with Gasteiger partial charge in [0.15, 0.2) is 5.13 Å². The summed E-state index contributed by atoms with van der Waals surface area (Å²) in [6.07, 6.45) is 4.90. The van der Waals surface area contributed by atoms with E-state index < -0.39 is 6.04 Å². The minimum Gasteiger partial charge on any atom is -0.320 e. The van der Waals surface area contributed by atoms with E-state index in [9.17, 15) is 9.18 Å². The highest BCUT2D eigenvalue weighted by atomic mass is 35.5. The summed E-state index contributed by atoms with van der Waals surface area (Å²) in [5.41, 5.74) is 7.33. The van der Waals surface area contributed by atoms with E-state index in [1.165, 1.54) is 17.4 Å². The fourth-order valence-electron chi connectivity index (χ4n) is 1.97. The lowest BCUT2D eigenvalue weighted by Crippen LogP contribution is -2.36. The van der Waals surface area contributed by atoms with E-state index in [4.69, 9.17) is 5.73 Å². The molecule has 1 aromatic carbocycles. The van der Waals surface area contributed by atoms with Gasteiger partial charge in [-0.1, -0.05) is 12.1 Å². The second kappa shape index (κ2) is 9.98. The molecule has 0 fully saturated rings. The number of anilines is 1. The molecule has 3 N–H and O–H groups in total. The number of hydrogen-bond acceptors (Lipinski definition) is 5. The van der Waals surface area contributed by atoms with Gasteiger partial charge >= 0.3 is 0 Å². The topological polar surface area (TPSA) is 68.0 Å². The van der Waals surface area contributed by atoms with Gasteiger partial charge in [0, 0.05) is 17.5 Å². The zero-order chi connectivity index (χ0) is 16.8. The van der Waals surface area contributed by atoms with Gasteiger partial charge < -0.3 is 11.1 Å². The lowest BCUT2D eigenvalue weighted by molar-refractivity contribution is -0.117. The maximum atomic E-state index is 13.6. The average molecular weight is 390 g/mol. The summed E-state index contributed by atoms with van der Waals surface area (Å²) in [5.74, 6) is 0.415. The number of carbonyl (C=O) groups excluding carboxylic acids is 1. The lowest BCUT2D eigenvalue weighted by Gasteiger charge is -2.09. The Kier molecular flexibility index (Phi) is 8.69. The zero-order valence-electron chi connectivity index (χ0n) is 13.5. The Labute approximate surface area is 155 Å². The molecule has 1 atom stereocenters. The van der Waals surface area contributed by atoms with Crippen LogP contribution >= 0.6 is 35.5 Å². The monoisotopic (exact) mass is 389 g/mol. The lowest BCUT2D eigenvalue weighted by atomic mass is 10.1. The van der Waals surface area contributed by atoms with Gasteiger partial charge in [0.1, 0.15) is 5.82 Å². The van der Waals surface area contributed by atoms with E-state index in [0.717, 1.165) is 16.2 Å². The van der Waals surface area contributed by atoms with Crippen LogP contribution in [-0.2, 0) is 11.2 Å². The third kappa shape index (κ3) is 6.05. The number of halogens is 2. The second-order valence-electron chi connectivity index (χ2n) is 5.27. The zero-order valence-corrected chi connectivity index (χ0v) is 16.0. The van der Waals surface area contributed by atoms with E-state index in [-0.39, 0.29) is 24.1 Å². The highest BCUT2D eigenvalue weighted by molar-refractivity contribution is 7.98. The molecule has 4 nitrogen and oxygen atoms in total. The first-order chi connectivity index (χ1) is 11.0. The van der Waals surface area contributed by atoms with Crippen molar-refractivity contribution in [1.29, 1.82) is 0 Å². The Bertz CT molecular complexity index is 681. The van der Waals surface area contributed by atoms with Gasteiger partial charge in [0.25, 0.3) is 0 Å². The molecule has 1 heterocycles. The van der Waals surface area contributed by atoms with Crippen molar-refractivity contribution in [3.8, 4) is 0 Å². The first-order valence-electron chi connectivity index (χ1n) is 7.24. The molecular formula is C16H21ClFN3OS2. The van der Waals surface area contributed by atoms with Crippen molar-refractivity contribution in [1.82, 2.24) is 4.98 Å². The summed E-state index contributed by atoms with van der Waals surface area (Å²) >= 11 is 3.04. The Balaban J connectivity index is 0.00000288. The van der Waals surface area contributed by atoms with E-state index >= 15 is 0 Å². The molecule has 1 amide bonds. The molecular weight excluding hydrogens is 369 g/mol. The summed E-state index contributed by atoms with van der Waals surface area (Å²) in [7, 11) is 0. The largest absolute Gasteiger partial charge is 0.320 e. The molecule has 8 heteroatoms. The van der Waals surface area contributed by atoms with Crippen LogP contribution in [0.2, 0.25) is 0 Å². The summed E-state index contributed by atoms with van der Waals surface area (Å²) in [6.45, 7) is 1.74. The highest BCUT2D eigenvalue weighted by Crippen LogP contribution is 2.22. The molecule has 0 spiro atoms. The summed E-state index contributed by atoms with van der Waals surface area (Å²) in [6, 6.07) is 4.67. The molecule has 132 valence electrons. The van der Waals surface area contributed by atoms with Crippen LogP contribution in [0.15, 0.2) is 24.4 Å². The van der Waals surface area contributed by atoms with Crippen LogP contribution in [0.1, 0.15) is 22.4 Å². The average Bonchev–Trinajstić information content (AvgIpc) is 2.95. The van der Waals surface area contributed by atoms with Crippen LogP contribution in [0, 0.1) is 12.7 Å². The maximum Gasteiger partial charge on any atom is 0.243 e. The Hall–Kier alpha value is -1.15. The Morgan fingerprint density at radius 3 is 2.92 bits per heavy atom. The highest BCUT2D eigenvalue weighted by Gasteiger charge is 2.15. The van der Waals surface area contributed by atoms with Crippen molar-refractivity contribution >= 4 is 46.5 Å². The second-order valence-corrected chi connectivity index (χ2v) is 7.37. The molecule has 0 aliphatic rings. The van der Waals surface area contributed by atoms with E-state index in [1.54, 1.807) is 30.9 Å². The van der Waals surface area contributed by atoms with Crippen molar-refractivity contribution in [3.05, 3.63) is 46.2 Å². The van der Waals surface area contributed by atoms with E-state index in [2.05, 4.69) is 10.3 Å². The Morgan fingerprint density at radius 2 is 2.25 bits per heavy atom. The molecule has 2 rings (SSSR count). The first-order valence-corrected chi connectivity index (χ1v) is 9.45. The molecule has 2 aromatic rings. The first kappa shape index (κ1) is 20.9. The summed E-state index contributed by atoms with van der Waals surface area (Å²) < 4.78 is 13.6. The molecule has 0 radical (unpaired) electrons. The summed E-state index contributed by atoms with van der Waals surface area (Å²) in [4.78, 5) is 17.1. The number of benzene rings is 1. The number of carbonyl (C=O) groups is 1. The van der Waals surface area contributed by atoms with Gasteiger partial charge in [-0.3, -0.25) is 4.79 Å². The molecule has 1 aromatic heterocycles. The predicted molar refractivity (Wildman–Crippen MR) is 103 cm³/mol. The normalized spacial score (nSPS) is 11.7.